The second-order valence-corrected chi connectivity index (χ2v) is 4.14. The lowest BCUT2D eigenvalue weighted by atomic mass is 10.1. The average Bonchev–Trinajstić information content (AvgIpc) is 2.46. The summed E-state index contributed by atoms with van der Waals surface area (Å²) in [6.45, 7) is -0.145. The summed E-state index contributed by atoms with van der Waals surface area (Å²) < 4.78 is 10.2. The maximum absolute atomic E-state index is 11.1. The normalized spacial score (nSPS) is 12.0. The number of benzene rings is 1. The van der Waals surface area contributed by atoms with E-state index in [-0.39, 0.29) is 23.6 Å². The molecule has 8 nitrogen and oxygen atoms in total. The summed E-state index contributed by atoms with van der Waals surface area (Å²) in [6, 6.07) is 5.76. The number of nitro benzene ring substituents is 1. The molecular weight excluding hydrogens is 280 g/mol. The van der Waals surface area contributed by atoms with Crippen molar-refractivity contribution in [3.8, 4) is 5.75 Å². The molecule has 2 aromatic rings. The van der Waals surface area contributed by atoms with Gasteiger partial charge in [0.05, 0.1) is 11.5 Å². The minimum Gasteiger partial charge on any atom is -0.478 e. The second-order valence-electron chi connectivity index (χ2n) is 4.14. The summed E-state index contributed by atoms with van der Waals surface area (Å²) in [4.78, 5) is 25.5. The Balaban J connectivity index is 2.48. The monoisotopic (exact) mass is 292 g/mol. The van der Waals surface area contributed by atoms with Crippen LogP contribution >= 0.6 is 0 Å². The first kappa shape index (κ1) is 14.7. The standard InChI is InChI=1S/C13H12N2O6/c1-20-7-11(13(16)17)21-10-5-4-9(15(18)19)12-8(10)3-2-6-14-12/h2-6,11H,7H2,1H3,(H,16,17). The molecule has 0 saturated heterocycles. The predicted octanol–water partition coefficient (Wildman–Crippen LogP) is 1.62. The summed E-state index contributed by atoms with van der Waals surface area (Å²) >= 11 is 0. The maximum Gasteiger partial charge on any atom is 0.347 e. The van der Waals surface area contributed by atoms with Crippen molar-refractivity contribution in [2.75, 3.05) is 13.7 Å². The van der Waals surface area contributed by atoms with Crippen LogP contribution in [0.5, 0.6) is 5.75 Å². The van der Waals surface area contributed by atoms with Gasteiger partial charge < -0.3 is 14.6 Å². The van der Waals surface area contributed by atoms with Crippen molar-refractivity contribution in [3.05, 3.63) is 40.6 Å². The van der Waals surface area contributed by atoms with E-state index in [0.717, 1.165) is 0 Å². The van der Waals surface area contributed by atoms with Crippen molar-refractivity contribution in [1.29, 1.82) is 0 Å². The third-order valence-electron chi connectivity index (χ3n) is 2.77. The Morgan fingerprint density at radius 3 is 2.86 bits per heavy atom. The van der Waals surface area contributed by atoms with E-state index in [9.17, 15) is 14.9 Å². The molecular formula is C13H12N2O6. The minimum atomic E-state index is -1.21. The van der Waals surface area contributed by atoms with Crippen molar-refractivity contribution in [2.24, 2.45) is 0 Å². The lowest BCUT2D eigenvalue weighted by molar-refractivity contribution is -0.383. The van der Waals surface area contributed by atoms with Crippen molar-refractivity contribution < 1.29 is 24.3 Å². The second kappa shape index (κ2) is 6.14. The molecule has 110 valence electrons. The van der Waals surface area contributed by atoms with Crippen molar-refractivity contribution in [3.63, 3.8) is 0 Å². The highest BCUT2D eigenvalue weighted by molar-refractivity contribution is 5.92. The number of pyridine rings is 1. The first-order valence-corrected chi connectivity index (χ1v) is 5.95. The highest BCUT2D eigenvalue weighted by atomic mass is 16.6. The summed E-state index contributed by atoms with van der Waals surface area (Å²) in [5.74, 6) is -0.986. The molecule has 1 aromatic heterocycles. The van der Waals surface area contributed by atoms with E-state index in [2.05, 4.69) is 4.98 Å². The summed E-state index contributed by atoms with van der Waals surface area (Å²) in [5, 5.41) is 20.4. The van der Waals surface area contributed by atoms with E-state index < -0.39 is 17.0 Å². The average molecular weight is 292 g/mol. The first-order valence-electron chi connectivity index (χ1n) is 5.95. The Morgan fingerprint density at radius 1 is 1.48 bits per heavy atom. The highest BCUT2D eigenvalue weighted by Gasteiger charge is 2.22. The summed E-state index contributed by atoms with van der Waals surface area (Å²) in [7, 11) is 1.36. The van der Waals surface area contributed by atoms with Gasteiger partial charge in [-0.2, -0.15) is 0 Å². The zero-order chi connectivity index (χ0) is 15.4. The van der Waals surface area contributed by atoms with E-state index in [0.29, 0.717) is 5.39 Å². The number of nitrogens with zero attached hydrogens (tertiary/aromatic N) is 2. The molecule has 1 atom stereocenters. The van der Waals surface area contributed by atoms with Gasteiger partial charge in [-0.1, -0.05) is 0 Å². The van der Waals surface area contributed by atoms with Crippen LogP contribution in [0.1, 0.15) is 0 Å². The lowest BCUT2D eigenvalue weighted by Gasteiger charge is -2.15. The number of carboxylic acid groups (broad SMARTS) is 1. The molecule has 0 radical (unpaired) electrons. The highest BCUT2D eigenvalue weighted by Crippen LogP contribution is 2.31. The fraction of sp³-hybridized carbons (Fsp3) is 0.231. The van der Waals surface area contributed by atoms with E-state index in [1.807, 2.05) is 0 Å². The van der Waals surface area contributed by atoms with Crippen molar-refractivity contribution in [2.45, 2.75) is 6.10 Å². The molecule has 21 heavy (non-hydrogen) atoms. The van der Waals surface area contributed by atoms with Crippen LogP contribution in [0.3, 0.4) is 0 Å². The van der Waals surface area contributed by atoms with Gasteiger partial charge in [0.25, 0.3) is 5.69 Å². The van der Waals surface area contributed by atoms with Crippen molar-refractivity contribution >= 4 is 22.6 Å². The largest absolute Gasteiger partial charge is 0.478 e. The molecule has 0 fully saturated rings. The molecule has 1 heterocycles. The van der Waals surface area contributed by atoms with E-state index in [4.69, 9.17) is 14.6 Å². The third kappa shape index (κ3) is 3.06. The van der Waals surface area contributed by atoms with E-state index in [1.54, 1.807) is 12.1 Å². The molecule has 0 spiro atoms. The molecule has 1 aromatic carbocycles. The Morgan fingerprint density at radius 2 is 2.24 bits per heavy atom. The van der Waals surface area contributed by atoms with Gasteiger partial charge in [-0.25, -0.2) is 9.78 Å². The topological polar surface area (TPSA) is 112 Å². The van der Waals surface area contributed by atoms with Crippen LogP contribution in [0.25, 0.3) is 10.9 Å². The number of rotatable bonds is 6. The lowest BCUT2D eigenvalue weighted by Crippen LogP contribution is -2.31. The molecule has 0 saturated carbocycles. The molecule has 1 N–H and O–H groups in total. The number of aromatic nitrogens is 1. The number of hydrogen-bond acceptors (Lipinski definition) is 6. The Bertz CT molecular complexity index is 687. The Hall–Kier alpha value is -2.74. The van der Waals surface area contributed by atoms with E-state index >= 15 is 0 Å². The number of hydrogen-bond donors (Lipinski definition) is 1. The zero-order valence-corrected chi connectivity index (χ0v) is 11.1. The smallest absolute Gasteiger partial charge is 0.347 e. The molecule has 0 aliphatic carbocycles. The van der Waals surface area contributed by atoms with Crippen LogP contribution in [-0.2, 0) is 9.53 Å². The summed E-state index contributed by atoms with van der Waals surface area (Å²) in [6.07, 6.45) is 0.211. The molecule has 1 unspecified atom stereocenters. The van der Waals surface area contributed by atoms with Gasteiger partial charge in [0.15, 0.2) is 5.52 Å². The Labute approximate surface area is 119 Å². The SMILES string of the molecule is COCC(Oc1ccc([N+](=O)[O-])c2ncccc12)C(=O)O. The number of carbonyl (C=O) groups is 1. The van der Waals surface area contributed by atoms with E-state index in [1.165, 1.54) is 25.4 Å². The van der Waals surface area contributed by atoms with Crippen LogP contribution in [-0.4, -0.2) is 40.8 Å². The van der Waals surface area contributed by atoms with Crippen LogP contribution in [0, 0.1) is 10.1 Å². The van der Waals surface area contributed by atoms with Gasteiger partial charge in [0, 0.05) is 24.8 Å². The number of nitro groups is 1. The van der Waals surface area contributed by atoms with Crippen LogP contribution in [0.2, 0.25) is 0 Å². The molecule has 0 aliphatic rings. The fourth-order valence-electron chi connectivity index (χ4n) is 1.84. The van der Waals surface area contributed by atoms with Gasteiger partial charge in [-0.05, 0) is 18.2 Å². The van der Waals surface area contributed by atoms with Gasteiger partial charge in [0.2, 0.25) is 6.10 Å². The number of ether oxygens (including phenoxy) is 2. The molecule has 0 aliphatic heterocycles. The van der Waals surface area contributed by atoms with Crippen molar-refractivity contribution in [1.82, 2.24) is 4.98 Å². The molecule has 2 rings (SSSR count). The zero-order valence-electron chi connectivity index (χ0n) is 11.1. The minimum absolute atomic E-state index is 0.140. The predicted molar refractivity (Wildman–Crippen MR) is 72.3 cm³/mol. The third-order valence-corrected chi connectivity index (χ3v) is 2.77. The molecule has 8 heteroatoms. The van der Waals surface area contributed by atoms with Gasteiger partial charge in [-0.15, -0.1) is 0 Å². The number of non-ortho nitro benzene ring substituents is 1. The first-order chi connectivity index (χ1) is 10.0. The van der Waals surface area contributed by atoms with Gasteiger partial charge in [-0.3, -0.25) is 10.1 Å². The van der Waals surface area contributed by atoms with Gasteiger partial charge >= 0.3 is 5.97 Å². The van der Waals surface area contributed by atoms with Crippen LogP contribution in [0.4, 0.5) is 5.69 Å². The van der Waals surface area contributed by atoms with Crippen LogP contribution in [0.15, 0.2) is 30.5 Å². The molecule has 0 amide bonds. The summed E-state index contributed by atoms with van der Waals surface area (Å²) in [5.41, 5.74) is -0.0295. The number of carboxylic acids is 1. The number of methoxy groups -OCH3 is 1. The fourth-order valence-corrected chi connectivity index (χ4v) is 1.84. The Kier molecular flexibility index (Phi) is 4.29. The molecule has 0 bridgehead atoms. The van der Waals surface area contributed by atoms with Gasteiger partial charge in [0.1, 0.15) is 5.75 Å². The number of fused-ring (bicyclic) bond motifs is 1. The van der Waals surface area contributed by atoms with Crippen LogP contribution < -0.4 is 4.74 Å². The quantitative estimate of drug-likeness (QED) is 0.635. The maximum atomic E-state index is 11.1. The number of aliphatic carboxylic acids is 1.